The second-order valence-corrected chi connectivity index (χ2v) is 19.9. The molecule has 118 valence electrons. The van der Waals surface area contributed by atoms with Crippen LogP contribution in [0.4, 0.5) is 0 Å². The van der Waals surface area contributed by atoms with Gasteiger partial charge in [0.05, 0.1) is 0 Å². The van der Waals surface area contributed by atoms with Crippen molar-refractivity contribution < 1.29 is 4.79 Å². The molecule has 0 amide bonds. The summed E-state index contributed by atoms with van der Waals surface area (Å²) < 4.78 is 5.73. The summed E-state index contributed by atoms with van der Waals surface area (Å²) in [7, 11) is 0. The Morgan fingerprint density at radius 1 is 0.850 bits per heavy atom. The van der Waals surface area contributed by atoms with Crippen molar-refractivity contribution in [3.63, 3.8) is 0 Å². The predicted octanol–water partition coefficient (Wildman–Crippen LogP) is 6.30. The third-order valence-electron chi connectivity index (χ3n) is 4.58. The molecule has 0 aromatic rings. The second-order valence-electron chi connectivity index (χ2n) is 6.26. The standard InChI is InChI=1S/C6H9O.3C4H9.Sn/c1-3-5-6(7)4-2;3*1-3-4-2;/h1,4-5H2,2H3;3*1,3-4H2,2H3;. The molecule has 0 aliphatic rings. The number of ketones is 1. The molecule has 0 aromatic heterocycles. The van der Waals surface area contributed by atoms with Crippen molar-refractivity contribution >= 4 is 24.2 Å². The van der Waals surface area contributed by atoms with Gasteiger partial charge in [0.2, 0.25) is 0 Å². The molecule has 0 radical (unpaired) electrons. The SMILES string of the molecule is C=[C](CC(=O)CC)[Sn]([CH2]CCC)([CH2]CCC)[CH2]CCC. The maximum absolute atomic E-state index is 11.9. The minimum atomic E-state index is -2.32. The van der Waals surface area contributed by atoms with Gasteiger partial charge in [-0.05, 0) is 0 Å². The van der Waals surface area contributed by atoms with Crippen LogP contribution in [-0.2, 0) is 4.79 Å². The maximum atomic E-state index is 11.9. The predicted molar refractivity (Wildman–Crippen MR) is 94.0 cm³/mol. The second kappa shape index (κ2) is 11.8. The Kier molecular flexibility index (Phi) is 11.9. The van der Waals surface area contributed by atoms with E-state index in [1.165, 1.54) is 55.4 Å². The Labute approximate surface area is 131 Å². The fraction of sp³-hybridized carbons (Fsp3) is 0.833. The van der Waals surface area contributed by atoms with E-state index in [-0.39, 0.29) is 0 Å². The van der Waals surface area contributed by atoms with Gasteiger partial charge in [-0.2, -0.15) is 0 Å². The minimum absolute atomic E-state index is 0.403. The summed E-state index contributed by atoms with van der Waals surface area (Å²) in [4.78, 5) is 11.9. The van der Waals surface area contributed by atoms with Crippen LogP contribution in [0.25, 0.3) is 0 Å². The van der Waals surface area contributed by atoms with Gasteiger partial charge in [-0.25, -0.2) is 0 Å². The van der Waals surface area contributed by atoms with Gasteiger partial charge in [-0.1, -0.05) is 0 Å². The fourth-order valence-electron chi connectivity index (χ4n) is 3.00. The molecular formula is C18H36OSn. The zero-order valence-electron chi connectivity index (χ0n) is 14.4. The molecule has 0 aromatic carbocycles. The van der Waals surface area contributed by atoms with Crippen molar-refractivity contribution in [2.45, 2.75) is 92.4 Å². The van der Waals surface area contributed by atoms with Crippen LogP contribution in [0.2, 0.25) is 13.3 Å². The van der Waals surface area contributed by atoms with E-state index in [2.05, 4.69) is 27.4 Å². The van der Waals surface area contributed by atoms with E-state index in [0.717, 1.165) is 0 Å². The zero-order valence-corrected chi connectivity index (χ0v) is 17.2. The molecule has 0 saturated carbocycles. The molecule has 20 heavy (non-hydrogen) atoms. The molecule has 1 nitrogen and oxygen atoms in total. The average molecular weight is 387 g/mol. The van der Waals surface area contributed by atoms with Gasteiger partial charge < -0.3 is 0 Å². The fourth-order valence-corrected chi connectivity index (χ4v) is 18.6. The molecular weight excluding hydrogens is 351 g/mol. The molecule has 0 spiro atoms. The van der Waals surface area contributed by atoms with Gasteiger partial charge in [0.1, 0.15) is 0 Å². The Hall–Kier alpha value is 0.209. The van der Waals surface area contributed by atoms with E-state index in [0.29, 0.717) is 18.6 Å². The molecule has 0 bridgehead atoms. The van der Waals surface area contributed by atoms with Crippen molar-refractivity contribution in [1.29, 1.82) is 0 Å². The molecule has 0 aliphatic carbocycles. The van der Waals surface area contributed by atoms with Crippen molar-refractivity contribution in [3.05, 3.63) is 10.2 Å². The van der Waals surface area contributed by atoms with E-state index in [9.17, 15) is 4.79 Å². The van der Waals surface area contributed by atoms with Crippen LogP contribution in [0.5, 0.6) is 0 Å². The molecule has 0 unspecified atom stereocenters. The van der Waals surface area contributed by atoms with E-state index in [4.69, 9.17) is 0 Å². The first-order valence-corrected chi connectivity index (χ1v) is 16.2. The van der Waals surface area contributed by atoms with Crippen molar-refractivity contribution in [2.24, 2.45) is 0 Å². The number of unbranched alkanes of at least 4 members (excludes halogenated alkanes) is 3. The molecule has 0 N–H and O–H groups in total. The van der Waals surface area contributed by atoms with Gasteiger partial charge in [0, 0.05) is 0 Å². The summed E-state index contributed by atoms with van der Waals surface area (Å²) in [5.74, 6) is 0.403. The van der Waals surface area contributed by atoms with Crippen molar-refractivity contribution in [2.75, 3.05) is 0 Å². The van der Waals surface area contributed by atoms with Crippen LogP contribution in [0.3, 0.4) is 0 Å². The third-order valence-corrected chi connectivity index (χ3v) is 20.6. The summed E-state index contributed by atoms with van der Waals surface area (Å²) in [6.07, 6.45) is 9.28. The van der Waals surface area contributed by atoms with E-state index >= 15 is 0 Å². The summed E-state index contributed by atoms with van der Waals surface area (Å²) in [5.41, 5.74) is 0. The quantitative estimate of drug-likeness (QED) is 0.339. The molecule has 0 saturated heterocycles. The van der Waals surface area contributed by atoms with Crippen LogP contribution in [0.1, 0.15) is 79.1 Å². The zero-order chi connectivity index (χ0) is 15.4. The number of hydrogen-bond acceptors (Lipinski definition) is 1. The van der Waals surface area contributed by atoms with Crippen LogP contribution >= 0.6 is 0 Å². The first-order chi connectivity index (χ1) is 9.56. The Morgan fingerprint density at radius 2 is 1.25 bits per heavy atom. The molecule has 0 aliphatic heterocycles. The normalized spacial score (nSPS) is 11.6. The number of Topliss-reactive ketones (excluding diaryl/α,β-unsaturated/α-hetero) is 1. The van der Waals surface area contributed by atoms with E-state index in [1.54, 1.807) is 0 Å². The Balaban J connectivity index is 4.99. The number of carbonyl (C=O) groups is 1. The van der Waals surface area contributed by atoms with Crippen LogP contribution in [0, 0.1) is 0 Å². The Bertz CT molecular complexity index is 261. The van der Waals surface area contributed by atoms with Gasteiger partial charge >= 0.3 is 131 Å². The van der Waals surface area contributed by atoms with Crippen LogP contribution < -0.4 is 0 Å². The van der Waals surface area contributed by atoms with E-state index in [1.807, 2.05) is 6.92 Å². The van der Waals surface area contributed by atoms with Crippen LogP contribution in [0.15, 0.2) is 10.2 Å². The van der Waals surface area contributed by atoms with Gasteiger partial charge in [-0.15, -0.1) is 0 Å². The van der Waals surface area contributed by atoms with Crippen molar-refractivity contribution in [3.8, 4) is 0 Å². The summed E-state index contributed by atoms with van der Waals surface area (Å²) in [5, 5.41) is 0. The first kappa shape index (κ1) is 20.2. The summed E-state index contributed by atoms with van der Waals surface area (Å²) in [6.45, 7) is 13.3. The first-order valence-electron chi connectivity index (χ1n) is 8.76. The number of allylic oxidation sites excluding steroid dienone is 1. The Morgan fingerprint density at radius 3 is 1.55 bits per heavy atom. The monoisotopic (exact) mass is 388 g/mol. The molecule has 2 heteroatoms. The third kappa shape index (κ3) is 7.28. The van der Waals surface area contributed by atoms with Gasteiger partial charge in [0.25, 0.3) is 0 Å². The molecule has 0 atom stereocenters. The summed E-state index contributed by atoms with van der Waals surface area (Å²) >= 11 is -2.32. The summed E-state index contributed by atoms with van der Waals surface area (Å²) in [6, 6.07) is 0. The molecule has 0 fully saturated rings. The number of hydrogen-bond donors (Lipinski definition) is 0. The molecule has 0 heterocycles. The topological polar surface area (TPSA) is 17.1 Å². The van der Waals surface area contributed by atoms with Gasteiger partial charge in [-0.3, -0.25) is 0 Å². The van der Waals surface area contributed by atoms with Crippen LogP contribution in [-0.4, -0.2) is 24.2 Å². The molecule has 0 rings (SSSR count). The number of carbonyl (C=O) groups excluding carboxylic acids is 1. The van der Waals surface area contributed by atoms with Gasteiger partial charge in [0.15, 0.2) is 0 Å². The number of rotatable bonds is 13. The average Bonchev–Trinajstić information content (AvgIpc) is 2.46. The van der Waals surface area contributed by atoms with Crippen molar-refractivity contribution in [1.82, 2.24) is 0 Å². The van der Waals surface area contributed by atoms with E-state index < -0.39 is 18.4 Å².